The van der Waals surface area contributed by atoms with E-state index in [0.717, 1.165) is 17.7 Å². The lowest BCUT2D eigenvalue weighted by Gasteiger charge is -2.19. The predicted molar refractivity (Wildman–Crippen MR) is 154 cm³/mol. The second-order valence-electron chi connectivity index (χ2n) is 7.92. The predicted octanol–water partition coefficient (Wildman–Crippen LogP) is 3.62. The second-order valence-corrected chi connectivity index (χ2v) is 9.22. The van der Waals surface area contributed by atoms with Gasteiger partial charge in [-0.3, -0.25) is 24.8 Å². The molecule has 1 amide bonds. The summed E-state index contributed by atoms with van der Waals surface area (Å²) in [6.07, 6.45) is 7.01. The maximum atomic E-state index is 11.5. The summed E-state index contributed by atoms with van der Waals surface area (Å²) in [6.45, 7) is 6.67. The molecule has 40 heavy (non-hydrogen) atoms. The topological polar surface area (TPSA) is 154 Å². The third-order valence-corrected chi connectivity index (χ3v) is 5.52. The lowest BCUT2D eigenvalue weighted by atomic mass is 10.3. The van der Waals surface area contributed by atoms with Crippen LogP contribution in [0.2, 0.25) is 10.3 Å². The Bertz CT molecular complexity index is 1270. The number of hydrogen-bond acceptors (Lipinski definition) is 10. The molecule has 0 unspecified atom stereocenters. The minimum atomic E-state index is -0.361. The number of nitrogens with one attached hydrogen (secondary N) is 1. The van der Waals surface area contributed by atoms with Gasteiger partial charge in [-0.1, -0.05) is 42.8 Å². The van der Waals surface area contributed by atoms with Crippen LogP contribution in [0.3, 0.4) is 0 Å². The van der Waals surface area contributed by atoms with Gasteiger partial charge in [0.1, 0.15) is 10.3 Å². The number of amides is 1. The van der Waals surface area contributed by atoms with Crippen LogP contribution in [-0.4, -0.2) is 73.9 Å². The molecular formula is C25H29Cl3N10O2. The van der Waals surface area contributed by atoms with Gasteiger partial charge in [0.2, 0.25) is 29.3 Å². The van der Waals surface area contributed by atoms with Crippen LogP contribution in [0.15, 0.2) is 46.6 Å². The van der Waals surface area contributed by atoms with Crippen LogP contribution in [0, 0.1) is 22.9 Å². The monoisotopic (exact) mass is 606 g/mol. The Hall–Kier alpha value is -3.97. The fourth-order valence-corrected chi connectivity index (χ4v) is 3.68. The molecule has 4 heterocycles. The van der Waals surface area contributed by atoms with E-state index in [1.807, 2.05) is 28.1 Å². The molecule has 2 aliphatic heterocycles. The Morgan fingerprint density at radius 1 is 0.975 bits per heavy atom. The number of guanidine groups is 2. The summed E-state index contributed by atoms with van der Waals surface area (Å²) in [7, 11) is 0. The Morgan fingerprint density at radius 2 is 1.52 bits per heavy atom. The third kappa shape index (κ3) is 11.4. The smallest absolute Gasteiger partial charge is 0.226 e. The van der Waals surface area contributed by atoms with Crippen molar-refractivity contribution < 1.29 is 9.59 Å². The first kappa shape index (κ1) is 34.1. The number of aliphatic imine (C=N–C) groups is 2. The van der Waals surface area contributed by atoms with Crippen molar-refractivity contribution in [1.29, 1.82) is 10.5 Å². The molecule has 212 valence electrons. The van der Waals surface area contributed by atoms with E-state index in [2.05, 4.69) is 36.9 Å². The highest BCUT2D eigenvalue weighted by atomic mass is 35.5. The van der Waals surface area contributed by atoms with Gasteiger partial charge < -0.3 is 9.80 Å². The third-order valence-electron chi connectivity index (χ3n) is 5.07. The van der Waals surface area contributed by atoms with Crippen LogP contribution in [0.4, 0.5) is 0 Å². The molecule has 0 radical (unpaired) electrons. The molecule has 1 saturated heterocycles. The molecule has 2 aliphatic rings. The normalized spacial score (nSPS) is 14.4. The van der Waals surface area contributed by atoms with Gasteiger partial charge in [0.15, 0.2) is 6.19 Å². The maximum absolute atomic E-state index is 11.5. The number of hydrogen-bond donors (Lipinski definition) is 1. The number of carbonyl (C=O) groups is 2. The van der Waals surface area contributed by atoms with Gasteiger partial charge in [-0.05, 0) is 34.9 Å². The summed E-state index contributed by atoms with van der Waals surface area (Å²) in [6, 6.07) is 7.23. The first-order valence-corrected chi connectivity index (χ1v) is 12.6. The molecule has 2 aromatic rings. The summed E-state index contributed by atoms with van der Waals surface area (Å²) < 4.78 is 0. The summed E-state index contributed by atoms with van der Waals surface area (Å²) in [5.41, 5.74) is 1.99. The zero-order valence-electron chi connectivity index (χ0n) is 21.2. The number of aromatic nitrogens is 2. The van der Waals surface area contributed by atoms with Crippen molar-refractivity contribution in [1.82, 2.24) is 30.0 Å². The van der Waals surface area contributed by atoms with Crippen molar-refractivity contribution in [3.63, 3.8) is 0 Å². The van der Waals surface area contributed by atoms with Gasteiger partial charge in [0.25, 0.3) is 0 Å². The lowest BCUT2D eigenvalue weighted by Crippen LogP contribution is -2.36. The molecule has 1 N–H and O–H groups in total. The summed E-state index contributed by atoms with van der Waals surface area (Å²) in [4.78, 5) is 41.9. The van der Waals surface area contributed by atoms with E-state index in [4.69, 9.17) is 33.7 Å². The second kappa shape index (κ2) is 17.6. The van der Waals surface area contributed by atoms with Crippen LogP contribution < -0.4 is 5.32 Å². The quantitative estimate of drug-likeness (QED) is 0.237. The number of carbonyl (C=O) groups excluding carboxylic acids is 2. The van der Waals surface area contributed by atoms with Gasteiger partial charge >= 0.3 is 0 Å². The van der Waals surface area contributed by atoms with Gasteiger partial charge in [0.05, 0.1) is 6.54 Å². The first-order chi connectivity index (χ1) is 18.6. The van der Waals surface area contributed by atoms with Crippen molar-refractivity contribution in [2.45, 2.75) is 34.4 Å². The van der Waals surface area contributed by atoms with Crippen molar-refractivity contribution >= 4 is 57.9 Å². The number of rotatable bonds is 4. The van der Waals surface area contributed by atoms with E-state index < -0.39 is 0 Å². The molecule has 0 aliphatic carbocycles. The lowest BCUT2D eigenvalue weighted by molar-refractivity contribution is -0.124. The largest absolute Gasteiger partial charge is 0.336 e. The summed E-state index contributed by atoms with van der Waals surface area (Å²) in [5, 5.41) is 20.4. The highest BCUT2D eigenvalue weighted by molar-refractivity contribution is 6.62. The van der Waals surface area contributed by atoms with Gasteiger partial charge in [-0.25, -0.2) is 9.97 Å². The fourth-order valence-electron chi connectivity index (χ4n) is 3.46. The van der Waals surface area contributed by atoms with Gasteiger partial charge in [-0.2, -0.15) is 10.5 Å². The van der Waals surface area contributed by atoms with E-state index in [1.54, 1.807) is 30.7 Å². The average Bonchev–Trinajstić information content (AvgIpc) is 3.49. The minimum absolute atomic E-state index is 0. The standard InChI is InChI=1S/C12H12ClN5O.C10H10ClN5.C2H3ClO.CH4/c1-9(19)18-5-4-17(12(18)16-8-14)7-10-2-3-11(13)15-6-10;11-9-2-1-8(5-14-9)6-16-4-3-13-10(16)15-7-12;1-2(3)4;/h2-3,6H,4-5,7H2,1H3;1-2,5H,3-4,6H2,(H,13,15);1H3;1H4. The summed E-state index contributed by atoms with van der Waals surface area (Å²) in [5.74, 6) is 0.896. The number of nitrogens with zero attached hydrogens (tertiary/aromatic N) is 9. The maximum Gasteiger partial charge on any atom is 0.226 e. The van der Waals surface area contributed by atoms with E-state index in [0.29, 0.717) is 54.9 Å². The molecule has 0 spiro atoms. The Morgan fingerprint density at radius 3 is 1.98 bits per heavy atom. The van der Waals surface area contributed by atoms with Crippen LogP contribution in [-0.2, 0) is 22.7 Å². The molecular weight excluding hydrogens is 579 g/mol. The van der Waals surface area contributed by atoms with E-state index in [1.165, 1.54) is 18.7 Å². The number of halogens is 3. The molecule has 0 saturated carbocycles. The minimum Gasteiger partial charge on any atom is -0.336 e. The van der Waals surface area contributed by atoms with E-state index in [9.17, 15) is 9.59 Å². The molecule has 0 bridgehead atoms. The molecule has 4 rings (SSSR count). The van der Waals surface area contributed by atoms with Crippen LogP contribution in [0.25, 0.3) is 0 Å². The SMILES string of the molecule is C.CC(=O)Cl.CC(=O)N1CCN(Cc2ccc(Cl)nc2)C1=NC#N.N#CNC1=NCCN1Cc1ccc(Cl)nc1. The molecule has 0 aromatic carbocycles. The van der Waals surface area contributed by atoms with Crippen LogP contribution in [0.5, 0.6) is 0 Å². The van der Waals surface area contributed by atoms with Crippen LogP contribution >= 0.6 is 34.8 Å². The molecule has 15 heteroatoms. The van der Waals surface area contributed by atoms with E-state index in [-0.39, 0.29) is 18.6 Å². The molecule has 1 fully saturated rings. The van der Waals surface area contributed by atoms with Crippen molar-refractivity contribution in [3.05, 3.63) is 58.1 Å². The zero-order valence-corrected chi connectivity index (χ0v) is 23.4. The highest BCUT2D eigenvalue weighted by Crippen LogP contribution is 2.15. The Balaban J connectivity index is 0.000000349. The molecule has 12 nitrogen and oxygen atoms in total. The van der Waals surface area contributed by atoms with Gasteiger partial charge in [0, 0.05) is 59.0 Å². The summed E-state index contributed by atoms with van der Waals surface area (Å²) >= 11 is 16.1. The number of pyridine rings is 2. The number of nitriles is 2. The molecule has 0 atom stereocenters. The van der Waals surface area contributed by atoms with Crippen molar-refractivity contribution in [2.75, 3.05) is 26.2 Å². The highest BCUT2D eigenvalue weighted by Gasteiger charge is 2.29. The van der Waals surface area contributed by atoms with Crippen molar-refractivity contribution in [2.24, 2.45) is 9.98 Å². The molecule has 2 aromatic heterocycles. The van der Waals surface area contributed by atoms with Crippen molar-refractivity contribution in [3.8, 4) is 12.4 Å². The fraction of sp³-hybridized carbons (Fsp3) is 0.360. The average molecular weight is 608 g/mol. The Kier molecular flexibility index (Phi) is 15.0. The van der Waals surface area contributed by atoms with Crippen LogP contribution in [0.1, 0.15) is 32.4 Å². The first-order valence-electron chi connectivity index (χ1n) is 11.5. The van der Waals surface area contributed by atoms with Gasteiger partial charge in [-0.15, -0.1) is 4.99 Å². The zero-order chi connectivity index (χ0) is 28.8. The van der Waals surface area contributed by atoms with E-state index >= 15 is 0 Å². The Labute approximate surface area is 248 Å².